The van der Waals surface area contributed by atoms with Gasteiger partial charge in [0.2, 0.25) is 0 Å². The predicted octanol–water partition coefficient (Wildman–Crippen LogP) is 4.77. The molecule has 0 fully saturated rings. The first-order valence-corrected chi connectivity index (χ1v) is 12.2. The average molecular weight is 476 g/mol. The van der Waals surface area contributed by atoms with Crippen LogP contribution >= 0.6 is 23.4 Å². The van der Waals surface area contributed by atoms with Crippen LogP contribution < -0.4 is 15.2 Å². The number of thioether (sulfide) groups is 1. The molecule has 3 aromatic rings. The topological polar surface area (TPSA) is 105 Å². The largest absolute Gasteiger partial charge is 0.497 e. The lowest BCUT2D eigenvalue weighted by atomic mass is 10.1. The SMILES string of the molecule is COc1ccc(Cl)c(S(=O)(=O)Nc2ccccc2SCCc2ccc(C(=N)N)cc2)c1. The highest BCUT2D eigenvalue weighted by Crippen LogP contribution is 2.32. The van der Waals surface area contributed by atoms with Crippen molar-refractivity contribution in [2.45, 2.75) is 16.2 Å². The zero-order valence-electron chi connectivity index (χ0n) is 16.8. The van der Waals surface area contributed by atoms with Crippen LogP contribution in [-0.2, 0) is 16.4 Å². The fourth-order valence-corrected chi connectivity index (χ4v) is 5.49. The normalized spacial score (nSPS) is 11.2. The van der Waals surface area contributed by atoms with Gasteiger partial charge in [-0.05, 0) is 36.2 Å². The van der Waals surface area contributed by atoms with Gasteiger partial charge < -0.3 is 10.5 Å². The van der Waals surface area contributed by atoms with Crippen molar-refractivity contribution in [1.82, 2.24) is 0 Å². The fraction of sp³-hybridized carbons (Fsp3) is 0.136. The van der Waals surface area contributed by atoms with Gasteiger partial charge >= 0.3 is 0 Å². The van der Waals surface area contributed by atoms with E-state index >= 15 is 0 Å². The summed E-state index contributed by atoms with van der Waals surface area (Å²) in [5, 5.41) is 7.57. The van der Waals surface area contributed by atoms with E-state index in [1.807, 2.05) is 36.4 Å². The third kappa shape index (κ3) is 5.94. The van der Waals surface area contributed by atoms with Gasteiger partial charge in [-0.25, -0.2) is 8.42 Å². The molecule has 0 heterocycles. The molecule has 162 valence electrons. The first-order chi connectivity index (χ1) is 14.8. The summed E-state index contributed by atoms with van der Waals surface area (Å²) >= 11 is 7.67. The van der Waals surface area contributed by atoms with Crippen molar-refractivity contribution in [3.05, 3.63) is 82.9 Å². The van der Waals surface area contributed by atoms with Gasteiger partial charge in [-0.15, -0.1) is 11.8 Å². The average Bonchev–Trinajstić information content (AvgIpc) is 2.75. The number of nitrogens with one attached hydrogen (secondary N) is 2. The summed E-state index contributed by atoms with van der Waals surface area (Å²) in [6, 6.07) is 19.2. The molecule has 0 aliphatic heterocycles. The van der Waals surface area contributed by atoms with E-state index in [0.717, 1.165) is 22.6 Å². The van der Waals surface area contributed by atoms with Crippen molar-refractivity contribution in [3.63, 3.8) is 0 Å². The van der Waals surface area contributed by atoms with Gasteiger partial charge in [-0.3, -0.25) is 10.1 Å². The molecule has 0 bridgehead atoms. The van der Waals surface area contributed by atoms with Crippen LogP contribution in [0.25, 0.3) is 0 Å². The minimum absolute atomic E-state index is 0.0401. The van der Waals surface area contributed by atoms with E-state index in [2.05, 4.69) is 4.72 Å². The molecule has 0 saturated heterocycles. The second-order valence-electron chi connectivity index (χ2n) is 6.61. The van der Waals surface area contributed by atoms with Gasteiger partial charge in [0.15, 0.2) is 0 Å². The smallest absolute Gasteiger partial charge is 0.263 e. The monoisotopic (exact) mass is 475 g/mol. The summed E-state index contributed by atoms with van der Waals surface area (Å²) in [5.41, 5.74) is 7.76. The Morgan fingerprint density at radius 1 is 1.13 bits per heavy atom. The number of anilines is 1. The van der Waals surface area contributed by atoms with Crippen LogP contribution in [0, 0.1) is 5.41 Å². The standard InChI is InChI=1S/C22H22ClN3O3S2/c1-29-17-10-11-18(23)21(14-17)31(27,28)26-19-4-2-3-5-20(19)30-13-12-15-6-8-16(9-7-15)22(24)25/h2-11,14,26H,12-13H2,1H3,(H3,24,25). The van der Waals surface area contributed by atoms with E-state index in [1.54, 1.807) is 30.0 Å². The molecule has 0 atom stereocenters. The van der Waals surface area contributed by atoms with Crippen molar-refractivity contribution >= 4 is 44.9 Å². The van der Waals surface area contributed by atoms with E-state index in [1.165, 1.54) is 19.2 Å². The molecular formula is C22H22ClN3O3S2. The van der Waals surface area contributed by atoms with Gasteiger partial charge in [-0.1, -0.05) is 48.0 Å². The number of para-hydroxylation sites is 1. The lowest BCUT2D eigenvalue weighted by Gasteiger charge is -2.14. The maximum absolute atomic E-state index is 12.9. The summed E-state index contributed by atoms with van der Waals surface area (Å²) < 4.78 is 33.6. The molecule has 6 nitrogen and oxygen atoms in total. The predicted molar refractivity (Wildman–Crippen MR) is 127 cm³/mol. The van der Waals surface area contributed by atoms with Crippen molar-refractivity contribution in [2.24, 2.45) is 5.73 Å². The lowest BCUT2D eigenvalue weighted by Crippen LogP contribution is -2.14. The highest BCUT2D eigenvalue weighted by atomic mass is 35.5. The summed E-state index contributed by atoms with van der Waals surface area (Å²) in [6.07, 6.45) is 0.783. The number of sulfonamides is 1. The number of nitrogen functional groups attached to an aromatic ring is 1. The van der Waals surface area contributed by atoms with E-state index in [9.17, 15) is 8.42 Å². The molecule has 0 amide bonds. The van der Waals surface area contributed by atoms with Crippen LogP contribution in [0.3, 0.4) is 0 Å². The number of nitrogens with two attached hydrogens (primary N) is 1. The number of methoxy groups -OCH3 is 1. The first kappa shape index (κ1) is 23.0. The Morgan fingerprint density at radius 2 is 1.84 bits per heavy atom. The molecule has 0 aliphatic carbocycles. The van der Waals surface area contributed by atoms with Crippen molar-refractivity contribution in [3.8, 4) is 5.75 Å². The minimum atomic E-state index is -3.90. The maximum Gasteiger partial charge on any atom is 0.263 e. The van der Waals surface area contributed by atoms with Crippen LogP contribution in [0.2, 0.25) is 5.02 Å². The number of halogens is 1. The fourth-order valence-electron chi connectivity index (χ4n) is 2.82. The van der Waals surface area contributed by atoms with Crippen molar-refractivity contribution in [2.75, 3.05) is 17.6 Å². The quantitative estimate of drug-likeness (QED) is 0.235. The molecule has 0 aliphatic rings. The van der Waals surface area contributed by atoms with E-state index in [4.69, 9.17) is 27.5 Å². The summed E-state index contributed by atoms with van der Waals surface area (Å²) in [5.74, 6) is 1.19. The third-order valence-corrected chi connectivity index (χ3v) is 7.39. The van der Waals surface area contributed by atoms with Crippen LogP contribution in [0.15, 0.2) is 76.5 Å². The number of hydrogen-bond donors (Lipinski definition) is 3. The molecule has 3 rings (SSSR count). The molecule has 31 heavy (non-hydrogen) atoms. The van der Waals surface area contributed by atoms with Crippen LogP contribution in [0.1, 0.15) is 11.1 Å². The molecule has 0 saturated carbocycles. The number of hydrogen-bond acceptors (Lipinski definition) is 5. The Morgan fingerprint density at radius 3 is 2.52 bits per heavy atom. The molecule has 0 radical (unpaired) electrons. The number of benzene rings is 3. The summed E-state index contributed by atoms with van der Waals surface area (Å²) in [7, 11) is -2.43. The van der Waals surface area contributed by atoms with E-state index in [-0.39, 0.29) is 15.8 Å². The highest BCUT2D eigenvalue weighted by molar-refractivity contribution is 7.99. The maximum atomic E-state index is 12.9. The Kier molecular flexibility index (Phi) is 7.48. The molecule has 4 N–H and O–H groups in total. The number of amidine groups is 1. The van der Waals surface area contributed by atoms with Crippen molar-refractivity contribution in [1.29, 1.82) is 5.41 Å². The molecule has 3 aromatic carbocycles. The van der Waals surface area contributed by atoms with Gasteiger partial charge in [-0.2, -0.15) is 0 Å². The van der Waals surface area contributed by atoms with E-state index < -0.39 is 10.0 Å². The molecule has 0 aromatic heterocycles. The Bertz CT molecular complexity index is 1180. The molecule has 0 unspecified atom stereocenters. The van der Waals surface area contributed by atoms with Crippen LogP contribution in [0.4, 0.5) is 5.69 Å². The minimum Gasteiger partial charge on any atom is -0.497 e. The molecule has 9 heteroatoms. The Labute approximate surface area is 191 Å². The van der Waals surface area contributed by atoms with E-state index in [0.29, 0.717) is 17.0 Å². The van der Waals surface area contributed by atoms with Gasteiger partial charge in [0, 0.05) is 22.3 Å². The first-order valence-electron chi connectivity index (χ1n) is 9.31. The zero-order chi connectivity index (χ0) is 22.4. The Balaban J connectivity index is 1.72. The zero-order valence-corrected chi connectivity index (χ0v) is 19.2. The van der Waals surface area contributed by atoms with Gasteiger partial charge in [0.25, 0.3) is 10.0 Å². The number of ether oxygens (including phenoxy) is 1. The second-order valence-corrected chi connectivity index (χ2v) is 9.80. The number of rotatable bonds is 9. The van der Waals surface area contributed by atoms with Crippen molar-refractivity contribution < 1.29 is 13.2 Å². The van der Waals surface area contributed by atoms with Gasteiger partial charge in [0.05, 0.1) is 17.8 Å². The number of aryl methyl sites for hydroxylation is 1. The Hall–Kier alpha value is -2.68. The van der Waals surface area contributed by atoms with Crippen LogP contribution in [-0.4, -0.2) is 27.1 Å². The second kappa shape index (κ2) is 10.1. The molecular weight excluding hydrogens is 454 g/mol. The van der Waals surface area contributed by atoms with Crippen LogP contribution in [0.5, 0.6) is 5.75 Å². The molecule has 0 spiro atoms. The highest BCUT2D eigenvalue weighted by Gasteiger charge is 2.20. The lowest BCUT2D eigenvalue weighted by molar-refractivity contribution is 0.413. The third-order valence-electron chi connectivity index (χ3n) is 4.47. The summed E-state index contributed by atoms with van der Waals surface area (Å²) in [4.78, 5) is 0.768. The van der Waals surface area contributed by atoms with Gasteiger partial charge in [0.1, 0.15) is 16.5 Å². The summed E-state index contributed by atoms with van der Waals surface area (Å²) in [6.45, 7) is 0.